The first kappa shape index (κ1) is 14.6. The summed E-state index contributed by atoms with van der Waals surface area (Å²) in [5.74, 6) is 4.89. The van der Waals surface area contributed by atoms with Crippen LogP contribution in [0.25, 0.3) is 0 Å². The van der Waals surface area contributed by atoms with Crippen molar-refractivity contribution in [3.8, 4) is 0 Å². The number of nitrogens with zero attached hydrogens (tertiary/aromatic N) is 3. The van der Waals surface area contributed by atoms with Gasteiger partial charge in [-0.05, 0) is 43.9 Å². The topological polar surface area (TPSA) is 41.0 Å². The van der Waals surface area contributed by atoms with Gasteiger partial charge in [-0.3, -0.25) is 0 Å². The quantitative estimate of drug-likeness (QED) is 0.755. The molecule has 1 heterocycles. The predicted molar refractivity (Wildman–Crippen MR) is 87.9 cm³/mol. The third-order valence-electron chi connectivity index (χ3n) is 4.31. The largest absolute Gasteiger partial charge is 0.370 e. The molecule has 2 aliphatic rings. The smallest absolute Gasteiger partial charge is 0.134 e. The Bertz CT molecular complexity index is 452. The number of hydrogen-bond donors (Lipinski definition) is 1. The zero-order valence-electron chi connectivity index (χ0n) is 13.4. The fourth-order valence-electron chi connectivity index (χ4n) is 2.63. The summed E-state index contributed by atoms with van der Waals surface area (Å²) in [4.78, 5) is 11.9. The van der Waals surface area contributed by atoms with Crippen LogP contribution < -0.4 is 10.2 Å². The van der Waals surface area contributed by atoms with E-state index in [1.807, 2.05) is 0 Å². The number of rotatable bonds is 9. The summed E-state index contributed by atoms with van der Waals surface area (Å²) in [5, 5.41) is 3.42. The first-order valence-electron chi connectivity index (χ1n) is 8.65. The van der Waals surface area contributed by atoms with Crippen molar-refractivity contribution < 1.29 is 0 Å². The van der Waals surface area contributed by atoms with E-state index in [1.165, 1.54) is 38.8 Å². The summed E-state index contributed by atoms with van der Waals surface area (Å²) in [6.45, 7) is 7.66. The van der Waals surface area contributed by atoms with Crippen molar-refractivity contribution in [1.29, 1.82) is 0 Å². The van der Waals surface area contributed by atoms with Crippen molar-refractivity contribution in [1.82, 2.24) is 9.97 Å². The van der Waals surface area contributed by atoms with Crippen LogP contribution in [-0.2, 0) is 6.42 Å². The van der Waals surface area contributed by atoms with Gasteiger partial charge in [0.05, 0.1) is 0 Å². The number of aromatic nitrogens is 2. The van der Waals surface area contributed by atoms with Crippen molar-refractivity contribution in [3.63, 3.8) is 0 Å². The maximum Gasteiger partial charge on any atom is 0.134 e. The van der Waals surface area contributed by atoms with Gasteiger partial charge in [-0.1, -0.05) is 13.8 Å². The minimum Gasteiger partial charge on any atom is -0.370 e. The molecule has 0 atom stereocenters. The molecular weight excluding hydrogens is 260 g/mol. The Morgan fingerprint density at radius 1 is 1.10 bits per heavy atom. The number of nitrogens with one attached hydrogen (secondary N) is 1. The molecule has 0 bridgehead atoms. The molecule has 0 spiro atoms. The van der Waals surface area contributed by atoms with Gasteiger partial charge in [-0.2, -0.15) is 0 Å². The van der Waals surface area contributed by atoms with E-state index in [-0.39, 0.29) is 0 Å². The lowest BCUT2D eigenvalue weighted by Crippen LogP contribution is -2.29. The van der Waals surface area contributed by atoms with Crippen molar-refractivity contribution in [3.05, 3.63) is 11.9 Å². The molecule has 2 saturated carbocycles. The van der Waals surface area contributed by atoms with Crippen LogP contribution in [0, 0.1) is 11.8 Å². The molecule has 0 aromatic carbocycles. The SMILES string of the molecule is CCCNc1cc(N(CC2CC2)CC2CC2)nc(CC)n1. The highest BCUT2D eigenvalue weighted by Gasteiger charge is 2.30. The lowest BCUT2D eigenvalue weighted by molar-refractivity contribution is 0.668. The minimum atomic E-state index is 0.898. The summed E-state index contributed by atoms with van der Waals surface area (Å²) in [6.07, 6.45) is 7.60. The third-order valence-corrected chi connectivity index (χ3v) is 4.31. The number of anilines is 2. The van der Waals surface area contributed by atoms with Gasteiger partial charge in [-0.25, -0.2) is 9.97 Å². The molecule has 4 nitrogen and oxygen atoms in total. The highest BCUT2D eigenvalue weighted by Crippen LogP contribution is 2.35. The van der Waals surface area contributed by atoms with Gasteiger partial charge in [-0.15, -0.1) is 0 Å². The van der Waals surface area contributed by atoms with Gasteiger partial charge in [0.25, 0.3) is 0 Å². The highest BCUT2D eigenvalue weighted by atomic mass is 15.2. The van der Waals surface area contributed by atoms with E-state index in [0.29, 0.717) is 0 Å². The lowest BCUT2D eigenvalue weighted by Gasteiger charge is -2.24. The maximum atomic E-state index is 4.80. The van der Waals surface area contributed by atoms with Gasteiger partial charge in [0.15, 0.2) is 0 Å². The van der Waals surface area contributed by atoms with Crippen LogP contribution in [0.3, 0.4) is 0 Å². The van der Waals surface area contributed by atoms with Crippen molar-refractivity contribution >= 4 is 11.6 Å². The Morgan fingerprint density at radius 3 is 2.29 bits per heavy atom. The number of hydrogen-bond acceptors (Lipinski definition) is 4. The summed E-state index contributed by atoms with van der Waals surface area (Å²) in [7, 11) is 0. The summed E-state index contributed by atoms with van der Waals surface area (Å²) in [5.41, 5.74) is 0. The second-order valence-electron chi connectivity index (χ2n) is 6.60. The van der Waals surface area contributed by atoms with E-state index in [1.54, 1.807) is 0 Å². The van der Waals surface area contributed by atoms with E-state index in [0.717, 1.165) is 48.7 Å². The molecule has 1 N–H and O–H groups in total. The molecular formula is C17H28N4. The molecule has 2 fully saturated rings. The van der Waals surface area contributed by atoms with Crippen LogP contribution in [0.2, 0.25) is 0 Å². The van der Waals surface area contributed by atoms with E-state index < -0.39 is 0 Å². The number of aryl methyl sites for hydroxylation is 1. The van der Waals surface area contributed by atoms with Crippen molar-refractivity contribution in [2.45, 2.75) is 52.4 Å². The van der Waals surface area contributed by atoms with Crippen LogP contribution in [0.1, 0.15) is 51.8 Å². The fraction of sp³-hybridized carbons (Fsp3) is 0.765. The van der Waals surface area contributed by atoms with Crippen molar-refractivity contribution in [2.75, 3.05) is 29.9 Å². The molecule has 0 radical (unpaired) electrons. The normalized spacial score (nSPS) is 17.8. The minimum absolute atomic E-state index is 0.898. The summed E-state index contributed by atoms with van der Waals surface area (Å²) in [6, 6.07) is 2.15. The van der Waals surface area contributed by atoms with E-state index in [9.17, 15) is 0 Å². The average Bonchev–Trinajstić information content (AvgIpc) is 3.39. The van der Waals surface area contributed by atoms with Crippen LogP contribution in [-0.4, -0.2) is 29.6 Å². The second-order valence-corrected chi connectivity index (χ2v) is 6.60. The molecule has 116 valence electrons. The first-order chi connectivity index (χ1) is 10.3. The van der Waals surface area contributed by atoms with E-state index in [2.05, 4.69) is 35.1 Å². The van der Waals surface area contributed by atoms with Crippen LogP contribution >= 0.6 is 0 Å². The molecule has 1 aromatic rings. The van der Waals surface area contributed by atoms with Crippen LogP contribution in [0.5, 0.6) is 0 Å². The standard InChI is InChI=1S/C17H28N4/c1-3-9-18-16-10-17(20-15(4-2)19-16)21(11-13-5-6-13)12-14-7-8-14/h10,13-14H,3-9,11-12H2,1-2H3,(H,18,19,20). The molecule has 21 heavy (non-hydrogen) atoms. The molecule has 1 aromatic heterocycles. The van der Waals surface area contributed by atoms with Crippen LogP contribution in [0.4, 0.5) is 11.6 Å². The Hall–Kier alpha value is -1.32. The van der Waals surface area contributed by atoms with Crippen molar-refractivity contribution in [2.24, 2.45) is 11.8 Å². The van der Waals surface area contributed by atoms with Gasteiger partial charge < -0.3 is 10.2 Å². The summed E-state index contributed by atoms with van der Waals surface area (Å²) < 4.78 is 0. The summed E-state index contributed by atoms with van der Waals surface area (Å²) >= 11 is 0. The Morgan fingerprint density at radius 2 is 1.76 bits per heavy atom. The molecule has 3 rings (SSSR count). The van der Waals surface area contributed by atoms with Gasteiger partial charge in [0.1, 0.15) is 17.5 Å². The molecule has 0 aliphatic heterocycles. The van der Waals surface area contributed by atoms with Crippen LogP contribution in [0.15, 0.2) is 6.07 Å². The molecule has 0 saturated heterocycles. The molecule has 2 aliphatic carbocycles. The maximum absolute atomic E-state index is 4.80. The van der Waals surface area contributed by atoms with Gasteiger partial charge >= 0.3 is 0 Å². The Labute approximate surface area is 128 Å². The Balaban J connectivity index is 1.77. The zero-order chi connectivity index (χ0) is 14.7. The van der Waals surface area contributed by atoms with Gasteiger partial charge in [0, 0.05) is 32.1 Å². The second kappa shape index (κ2) is 6.63. The van der Waals surface area contributed by atoms with E-state index >= 15 is 0 Å². The third kappa shape index (κ3) is 4.32. The lowest BCUT2D eigenvalue weighted by atomic mass is 10.3. The predicted octanol–water partition coefficient (Wildman–Crippen LogP) is 3.49. The monoisotopic (exact) mass is 288 g/mol. The highest BCUT2D eigenvalue weighted by molar-refractivity contribution is 5.50. The zero-order valence-corrected chi connectivity index (χ0v) is 13.4. The van der Waals surface area contributed by atoms with Gasteiger partial charge in [0.2, 0.25) is 0 Å². The Kier molecular flexibility index (Phi) is 4.61. The molecule has 0 amide bonds. The molecule has 0 unspecified atom stereocenters. The molecule has 4 heteroatoms. The first-order valence-corrected chi connectivity index (χ1v) is 8.65. The van der Waals surface area contributed by atoms with E-state index in [4.69, 9.17) is 4.98 Å². The fourth-order valence-corrected chi connectivity index (χ4v) is 2.63. The average molecular weight is 288 g/mol.